The normalized spacial score (nSPS) is 12.1. The van der Waals surface area contributed by atoms with E-state index in [4.69, 9.17) is 11.6 Å². The van der Waals surface area contributed by atoms with Crippen molar-refractivity contribution in [2.45, 2.75) is 11.4 Å². The number of para-hydroxylation sites is 1. The fourth-order valence-corrected chi connectivity index (χ4v) is 4.64. The largest absolute Gasteiger partial charge is 0.342 e. The summed E-state index contributed by atoms with van der Waals surface area (Å²) in [5, 5.41) is 11.2. The molecule has 148 valence electrons. The minimum Gasteiger partial charge on any atom is -0.342 e. The lowest BCUT2D eigenvalue weighted by Crippen LogP contribution is -2.03. The Morgan fingerprint density at radius 3 is 2.33 bits per heavy atom. The van der Waals surface area contributed by atoms with Crippen LogP contribution in [0.3, 0.4) is 0 Å². The molecule has 1 aromatic heterocycles. The molecular weight excluding hydrogens is 416 g/mol. The quantitative estimate of drug-likeness (QED) is 0.381. The van der Waals surface area contributed by atoms with E-state index in [9.17, 15) is 13.7 Å². The average molecular weight is 433 g/mol. The Balaban J connectivity index is 1.81. The lowest BCUT2D eigenvalue weighted by molar-refractivity contribution is 0.603. The molecule has 0 unspecified atom stereocenters. The number of sulfone groups is 1. The van der Waals surface area contributed by atoms with E-state index in [1.165, 1.54) is 18.2 Å². The van der Waals surface area contributed by atoms with Gasteiger partial charge in [0.05, 0.1) is 4.90 Å². The van der Waals surface area contributed by atoms with Crippen LogP contribution in [-0.4, -0.2) is 13.0 Å². The minimum absolute atomic E-state index is 0.0997. The fraction of sp³-hybridized carbons (Fsp3) is 0.0417. The Morgan fingerprint density at radius 2 is 1.63 bits per heavy atom. The van der Waals surface area contributed by atoms with Crippen molar-refractivity contribution in [3.63, 3.8) is 0 Å². The summed E-state index contributed by atoms with van der Waals surface area (Å²) in [5.74, 6) is 0. The molecule has 6 heteroatoms. The maximum atomic E-state index is 12.9. The third-order valence-electron chi connectivity index (χ3n) is 4.83. The molecular formula is C24H17ClN2O2S. The molecule has 0 fully saturated rings. The van der Waals surface area contributed by atoms with E-state index in [-0.39, 0.29) is 9.80 Å². The standard InChI is InChI=1S/C24H17ClN2O2S/c25-20-12-10-18(11-13-20)16-27-17-19(23-8-4-5-9-24(23)27)14-22(15-26)30(28,29)21-6-2-1-3-7-21/h1-14,17H,16H2/b22-14-. The fourth-order valence-electron chi connectivity index (χ4n) is 3.35. The van der Waals surface area contributed by atoms with Crippen molar-refractivity contribution >= 4 is 38.4 Å². The van der Waals surface area contributed by atoms with Gasteiger partial charge < -0.3 is 4.57 Å². The first kappa shape index (κ1) is 20.0. The van der Waals surface area contributed by atoms with Gasteiger partial charge in [0.2, 0.25) is 9.84 Å². The molecule has 0 saturated heterocycles. The van der Waals surface area contributed by atoms with Crippen LogP contribution in [-0.2, 0) is 16.4 Å². The van der Waals surface area contributed by atoms with E-state index >= 15 is 0 Å². The van der Waals surface area contributed by atoms with Gasteiger partial charge in [0.15, 0.2) is 0 Å². The van der Waals surface area contributed by atoms with E-state index in [0.717, 1.165) is 16.5 Å². The van der Waals surface area contributed by atoms with Crippen molar-refractivity contribution < 1.29 is 8.42 Å². The number of allylic oxidation sites excluding steroid dienone is 1. The number of benzene rings is 3. The second-order valence-electron chi connectivity index (χ2n) is 6.79. The Labute approximate surface area is 180 Å². The summed E-state index contributed by atoms with van der Waals surface area (Å²) in [4.78, 5) is -0.189. The second-order valence-corrected chi connectivity index (χ2v) is 9.15. The van der Waals surface area contributed by atoms with Crippen LogP contribution < -0.4 is 0 Å². The molecule has 4 rings (SSSR count). The number of aromatic nitrogens is 1. The molecule has 0 atom stereocenters. The van der Waals surface area contributed by atoms with Gasteiger partial charge in [0, 0.05) is 34.2 Å². The van der Waals surface area contributed by atoms with Crippen molar-refractivity contribution in [1.29, 1.82) is 5.26 Å². The van der Waals surface area contributed by atoms with E-state index in [2.05, 4.69) is 0 Å². The summed E-state index contributed by atoms with van der Waals surface area (Å²) in [6, 6.07) is 25.2. The first-order valence-electron chi connectivity index (χ1n) is 9.23. The Hall–Kier alpha value is -3.33. The van der Waals surface area contributed by atoms with Gasteiger partial charge in [-0.25, -0.2) is 8.42 Å². The van der Waals surface area contributed by atoms with Gasteiger partial charge in [-0.1, -0.05) is 60.1 Å². The van der Waals surface area contributed by atoms with E-state index in [1.54, 1.807) is 18.2 Å². The van der Waals surface area contributed by atoms with Crippen molar-refractivity contribution in [3.8, 4) is 6.07 Å². The number of rotatable bonds is 5. The Kier molecular flexibility index (Phi) is 5.45. The van der Waals surface area contributed by atoms with Crippen molar-refractivity contribution in [1.82, 2.24) is 4.57 Å². The highest BCUT2D eigenvalue weighted by molar-refractivity contribution is 7.95. The number of nitrogens with zero attached hydrogens (tertiary/aromatic N) is 2. The molecule has 0 bridgehead atoms. The van der Waals surface area contributed by atoms with Crippen LogP contribution in [0, 0.1) is 11.3 Å². The van der Waals surface area contributed by atoms with Gasteiger partial charge in [0.1, 0.15) is 11.0 Å². The molecule has 3 aromatic carbocycles. The van der Waals surface area contributed by atoms with Gasteiger partial charge in [-0.05, 0) is 42.0 Å². The second kappa shape index (κ2) is 8.19. The minimum atomic E-state index is -3.90. The molecule has 0 radical (unpaired) electrons. The lowest BCUT2D eigenvalue weighted by Gasteiger charge is -2.05. The third kappa shape index (κ3) is 3.88. The highest BCUT2D eigenvalue weighted by Crippen LogP contribution is 2.27. The van der Waals surface area contributed by atoms with Crippen molar-refractivity contribution in [2.24, 2.45) is 0 Å². The van der Waals surface area contributed by atoms with Crippen LogP contribution in [0.4, 0.5) is 0 Å². The van der Waals surface area contributed by atoms with Crippen molar-refractivity contribution in [3.05, 3.63) is 106 Å². The molecule has 0 amide bonds. The van der Waals surface area contributed by atoms with Crippen LogP contribution in [0.5, 0.6) is 0 Å². The van der Waals surface area contributed by atoms with E-state index in [1.807, 2.05) is 65.4 Å². The maximum Gasteiger partial charge on any atom is 0.216 e. The molecule has 30 heavy (non-hydrogen) atoms. The van der Waals surface area contributed by atoms with Crippen LogP contribution in [0.1, 0.15) is 11.1 Å². The molecule has 4 nitrogen and oxygen atoms in total. The zero-order valence-electron chi connectivity index (χ0n) is 15.9. The predicted octanol–water partition coefficient (Wildman–Crippen LogP) is 5.68. The topological polar surface area (TPSA) is 62.9 Å². The summed E-state index contributed by atoms with van der Waals surface area (Å²) in [6.07, 6.45) is 3.32. The summed E-state index contributed by atoms with van der Waals surface area (Å²) in [6.45, 7) is 0.596. The molecule has 0 aliphatic carbocycles. The maximum absolute atomic E-state index is 12.9. The lowest BCUT2D eigenvalue weighted by atomic mass is 10.1. The zero-order valence-corrected chi connectivity index (χ0v) is 17.4. The molecule has 0 aliphatic rings. The molecule has 0 N–H and O–H groups in total. The summed E-state index contributed by atoms with van der Waals surface area (Å²) < 4.78 is 27.9. The van der Waals surface area contributed by atoms with E-state index in [0.29, 0.717) is 17.1 Å². The SMILES string of the molecule is N#C/C(=C/c1cn(Cc2ccc(Cl)cc2)c2ccccc12)S(=O)(=O)c1ccccc1. The van der Waals surface area contributed by atoms with Crippen LogP contribution >= 0.6 is 11.6 Å². The number of hydrogen-bond donors (Lipinski definition) is 0. The third-order valence-corrected chi connectivity index (χ3v) is 6.76. The highest BCUT2D eigenvalue weighted by Gasteiger charge is 2.21. The number of hydrogen-bond acceptors (Lipinski definition) is 3. The smallest absolute Gasteiger partial charge is 0.216 e. The molecule has 0 saturated carbocycles. The summed E-state index contributed by atoms with van der Waals surface area (Å²) in [5.41, 5.74) is 2.69. The van der Waals surface area contributed by atoms with E-state index < -0.39 is 9.84 Å². The average Bonchev–Trinajstić information content (AvgIpc) is 3.11. The number of fused-ring (bicyclic) bond motifs is 1. The van der Waals surface area contributed by atoms with Crippen LogP contribution in [0.25, 0.3) is 17.0 Å². The van der Waals surface area contributed by atoms with Crippen LogP contribution in [0.15, 0.2) is 94.9 Å². The van der Waals surface area contributed by atoms with Crippen LogP contribution in [0.2, 0.25) is 5.02 Å². The van der Waals surface area contributed by atoms with Gasteiger partial charge in [-0.15, -0.1) is 0 Å². The van der Waals surface area contributed by atoms with Gasteiger partial charge >= 0.3 is 0 Å². The zero-order chi connectivity index (χ0) is 21.1. The van der Waals surface area contributed by atoms with Gasteiger partial charge in [-0.2, -0.15) is 5.26 Å². The Morgan fingerprint density at radius 1 is 0.967 bits per heavy atom. The molecule has 4 aromatic rings. The summed E-state index contributed by atoms with van der Waals surface area (Å²) >= 11 is 5.98. The monoisotopic (exact) mass is 432 g/mol. The predicted molar refractivity (Wildman–Crippen MR) is 120 cm³/mol. The highest BCUT2D eigenvalue weighted by atomic mass is 35.5. The molecule has 0 aliphatic heterocycles. The molecule has 0 spiro atoms. The number of halogens is 1. The number of nitriles is 1. The van der Waals surface area contributed by atoms with Gasteiger partial charge in [-0.3, -0.25) is 0 Å². The van der Waals surface area contributed by atoms with Crippen molar-refractivity contribution in [2.75, 3.05) is 0 Å². The van der Waals surface area contributed by atoms with Gasteiger partial charge in [0.25, 0.3) is 0 Å². The first-order chi connectivity index (χ1) is 14.5. The summed E-state index contributed by atoms with van der Waals surface area (Å²) in [7, 11) is -3.90. The Bertz CT molecular complexity index is 1380. The first-order valence-corrected chi connectivity index (χ1v) is 11.1. The molecule has 1 heterocycles.